The SMILES string of the molecule is CC1(C)CCCN1CC(=O)c1ccc(Cl)cc1. The van der Waals surface area contributed by atoms with E-state index in [1.165, 1.54) is 12.8 Å². The zero-order valence-corrected chi connectivity index (χ0v) is 11.1. The van der Waals surface area contributed by atoms with Gasteiger partial charge in [0.05, 0.1) is 6.54 Å². The molecule has 0 saturated carbocycles. The Bertz CT molecular complexity index is 411. The average molecular weight is 252 g/mol. The van der Waals surface area contributed by atoms with E-state index < -0.39 is 0 Å². The van der Waals surface area contributed by atoms with Crippen LogP contribution in [0.4, 0.5) is 0 Å². The highest BCUT2D eigenvalue weighted by Gasteiger charge is 2.32. The summed E-state index contributed by atoms with van der Waals surface area (Å²) in [5.41, 5.74) is 0.902. The minimum Gasteiger partial charge on any atom is -0.293 e. The maximum atomic E-state index is 12.1. The third-order valence-electron chi connectivity index (χ3n) is 3.57. The van der Waals surface area contributed by atoms with Crippen LogP contribution in [0.2, 0.25) is 5.02 Å². The lowest BCUT2D eigenvalue weighted by Gasteiger charge is -2.30. The maximum Gasteiger partial charge on any atom is 0.176 e. The summed E-state index contributed by atoms with van der Waals surface area (Å²) in [5, 5.41) is 0.669. The Kier molecular flexibility index (Phi) is 3.55. The average Bonchev–Trinajstić information content (AvgIpc) is 2.59. The summed E-state index contributed by atoms with van der Waals surface area (Å²) in [6.45, 7) is 5.94. The number of carbonyl (C=O) groups is 1. The highest BCUT2D eigenvalue weighted by atomic mass is 35.5. The van der Waals surface area contributed by atoms with Crippen LogP contribution in [-0.4, -0.2) is 29.3 Å². The molecule has 0 unspecified atom stereocenters. The van der Waals surface area contributed by atoms with Crippen LogP contribution >= 0.6 is 11.6 Å². The number of ketones is 1. The summed E-state index contributed by atoms with van der Waals surface area (Å²) < 4.78 is 0. The second kappa shape index (κ2) is 4.79. The van der Waals surface area contributed by atoms with Gasteiger partial charge in [0.25, 0.3) is 0 Å². The molecule has 0 aromatic heterocycles. The van der Waals surface area contributed by atoms with Crippen LogP contribution in [0.1, 0.15) is 37.0 Å². The molecule has 0 radical (unpaired) electrons. The van der Waals surface area contributed by atoms with Gasteiger partial charge >= 0.3 is 0 Å². The van der Waals surface area contributed by atoms with Gasteiger partial charge in [0.1, 0.15) is 0 Å². The van der Waals surface area contributed by atoms with E-state index in [4.69, 9.17) is 11.6 Å². The highest BCUT2D eigenvalue weighted by Crippen LogP contribution is 2.28. The topological polar surface area (TPSA) is 20.3 Å². The molecule has 0 aliphatic carbocycles. The van der Waals surface area contributed by atoms with Crippen molar-refractivity contribution in [3.05, 3.63) is 34.9 Å². The second-order valence-electron chi connectivity index (χ2n) is 5.27. The molecular formula is C14H18ClNO. The molecule has 1 aromatic rings. The van der Waals surface area contributed by atoms with Gasteiger partial charge < -0.3 is 0 Å². The molecule has 0 atom stereocenters. The second-order valence-corrected chi connectivity index (χ2v) is 5.70. The highest BCUT2D eigenvalue weighted by molar-refractivity contribution is 6.30. The largest absolute Gasteiger partial charge is 0.293 e. The minimum absolute atomic E-state index is 0.155. The molecule has 1 aliphatic rings. The Labute approximate surface area is 108 Å². The summed E-state index contributed by atoms with van der Waals surface area (Å²) in [5.74, 6) is 0.177. The third kappa shape index (κ3) is 2.88. The van der Waals surface area contributed by atoms with E-state index in [0.717, 1.165) is 12.1 Å². The first-order valence-electron chi connectivity index (χ1n) is 6.03. The number of carbonyl (C=O) groups excluding carboxylic acids is 1. The van der Waals surface area contributed by atoms with Crippen molar-refractivity contribution in [3.8, 4) is 0 Å². The summed E-state index contributed by atoms with van der Waals surface area (Å²) in [7, 11) is 0. The third-order valence-corrected chi connectivity index (χ3v) is 3.83. The number of rotatable bonds is 3. The van der Waals surface area contributed by atoms with E-state index in [9.17, 15) is 4.79 Å². The van der Waals surface area contributed by atoms with Crippen LogP contribution in [-0.2, 0) is 0 Å². The molecule has 1 aliphatic heterocycles. The van der Waals surface area contributed by atoms with Crippen LogP contribution in [0, 0.1) is 0 Å². The Morgan fingerprint density at radius 3 is 2.53 bits per heavy atom. The van der Waals surface area contributed by atoms with Crippen LogP contribution in [0.15, 0.2) is 24.3 Å². The first-order valence-corrected chi connectivity index (χ1v) is 6.41. The van der Waals surface area contributed by atoms with Gasteiger partial charge in [-0.25, -0.2) is 0 Å². The molecule has 0 bridgehead atoms. The van der Waals surface area contributed by atoms with Gasteiger partial charge in [0, 0.05) is 16.1 Å². The van der Waals surface area contributed by atoms with Crippen molar-refractivity contribution in [2.24, 2.45) is 0 Å². The van der Waals surface area contributed by atoms with Gasteiger partial charge in [0.2, 0.25) is 0 Å². The van der Waals surface area contributed by atoms with E-state index in [2.05, 4.69) is 18.7 Å². The molecular weight excluding hydrogens is 234 g/mol. The minimum atomic E-state index is 0.155. The smallest absolute Gasteiger partial charge is 0.176 e. The first kappa shape index (κ1) is 12.6. The Morgan fingerprint density at radius 2 is 2.00 bits per heavy atom. The predicted octanol–water partition coefficient (Wildman–Crippen LogP) is 3.40. The number of nitrogens with zero attached hydrogens (tertiary/aromatic N) is 1. The van der Waals surface area contributed by atoms with Crippen molar-refractivity contribution < 1.29 is 4.79 Å². The van der Waals surface area contributed by atoms with E-state index >= 15 is 0 Å². The van der Waals surface area contributed by atoms with Gasteiger partial charge in [-0.2, -0.15) is 0 Å². The molecule has 1 heterocycles. The van der Waals surface area contributed by atoms with Gasteiger partial charge in [-0.3, -0.25) is 9.69 Å². The lowest BCUT2D eigenvalue weighted by molar-refractivity contribution is 0.0871. The molecule has 1 aromatic carbocycles. The van der Waals surface area contributed by atoms with Crippen LogP contribution in [0.25, 0.3) is 0 Å². The van der Waals surface area contributed by atoms with E-state index in [-0.39, 0.29) is 11.3 Å². The van der Waals surface area contributed by atoms with E-state index in [0.29, 0.717) is 11.6 Å². The van der Waals surface area contributed by atoms with Crippen molar-refractivity contribution in [1.29, 1.82) is 0 Å². The number of hydrogen-bond donors (Lipinski definition) is 0. The van der Waals surface area contributed by atoms with Crippen LogP contribution < -0.4 is 0 Å². The number of benzene rings is 1. The van der Waals surface area contributed by atoms with Gasteiger partial charge in [-0.15, -0.1) is 0 Å². The summed E-state index contributed by atoms with van der Waals surface area (Å²) >= 11 is 5.81. The lowest BCUT2D eigenvalue weighted by atomic mass is 10.0. The predicted molar refractivity (Wildman–Crippen MR) is 70.7 cm³/mol. The van der Waals surface area contributed by atoms with Gasteiger partial charge in [-0.1, -0.05) is 11.6 Å². The normalized spacial score (nSPS) is 19.5. The Balaban J connectivity index is 2.04. The Hall–Kier alpha value is -0.860. The van der Waals surface area contributed by atoms with Crippen molar-refractivity contribution in [3.63, 3.8) is 0 Å². The van der Waals surface area contributed by atoms with Gasteiger partial charge in [-0.05, 0) is 57.5 Å². The van der Waals surface area contributed by atoms with Crippen molar-refractivity contribution in [2.75, 3.05) is 13.1 Å². The summed E-state index contributed by atoms with van der Waals surface area (Å²) in [6.07, 6.45) is 2.35. The molecule has 2 nitrogen and oxygen atoms in total. The summed E-state index contributed by atoms with van der Waals surface area (Å²) in [6, 6.07) is 7.13. The number of halogens is 1. The molecule has 0 amide bonds. The first-order chi connectivity index (χ1) is 7.99. The molecule has 17 heavy (non-hydrogen) atoms. The lowest BCUT2D eigenvalue weighted by Crippen LogP contribution is -2.41. The number of likely N-dealkylation sites (tertiary alicyclic amines) is 1. The standard InChI is InChI=1S/C14H18ClNO/c1-14(2)8-3-9-16(14)10-13(17)11-4-6-12(15)7-5-11/h4-7H,3,8-10H2,1-2H3. The number of Topliss-reactive ketones (excluding diaryl/α,β-unsaturated/α-hetero) is 1. The molecule has 1 fully saturated rings. The maximum absolute atomic E-state index is 12.1. The monoisotopic (exact) mass is 251 g/mol. The van der Waals surface area contributed by atoms with Crippen molar-refractivity contribution in [2.45, 2.75) is 32.2 Å². The zero-order chi connectivity index (χ0) is 12.5. The quantitative estimate of drug-likeness (QED) is 0.768. The zero-order valence-electron chi connectivity index (χ0n) is 10.4. The van der Waals surface area contributed by atoms with Crippen LogP contribution in [0.3, 0.4) is 0 Å². The van der Waals surface area contributed by atoms with Crippen molar-refractivity contribution in [1.82, 2.24) is 4.90 Å². The summed E-state index contributed by atoms with van der Waals surface area (Å²) in [4.78, 5) is 14.4. The number of hydrogen-bond acceptors (Lipinski definition) is 2. The molecule has 0 spiro atoms. The molecule has 2 rings (SSSR count). The van der Waals surface area contributed by atoms with Gasteiger partial charge in [0.15, 0.2) is 5.78 Å². The fourth-order valence-corrected chi connectivity index (χ4v) is 2.48. The molecule has 3 heteroatoms. The molecule has 92 valence electrons. The van der Waals surface area contributed by atoms with Crippen molar-refractivity contribution >= 4 is 17.4 Å². The van der Waals surface area contributed by atoms with Crippen LogP contribution in [0.5, 0.6) is 0 Å². The fourth-order valence-electron chi connectivity index (χ4n) is 2.36. The van der Waals surface area contributed by atoms with E-state index in [1.807, 2.05) is 0 Å². The fraction of sp³-hybridized carbons (Fsp3) is 0.500. The van der Waals surface area contributed by atoms with E-state index in [1.54, 1.807) is 24.3 Å². The Morgan fingerprint density at radius 1 is 1.35 bits per heavy atom. The molecule has 1 saturated heterocycles. The molecule has 0 N–H and O–H groups in total.